The molecule has 1 saturated carbocycles. The number of halogens is 3. The first-order valence-electron chi connectivity index (χ1n) is 6.47. The molecule has 1 aliphatic rings. The highest BCUT2D eigenvalue weighted by atomic mass is 19.4. The van der Waals surface area contributed by atoms with E-state index in [0.717, 1.165) is 37.8 Å². The number of aromatic nitrogens is 1. The largest absolute Gasteiger partial charge is 0.417 e. The highest BCUT2D eigenvalue weighted by Gasteiger charge is 2.31. The maximum Gasteiger partial charge on any atom is 0.417 e. The summed E-state index contributed by atoms with van der Waals surface area (Å²) in [7, 11) is 0. The van der Waals surface area contributed by atoms with Crippen LogP contribution < -0.4 is 11.1 Å². The third kappa shape index (κ3) is 3.47. The van der Waals surface area contributed by atoms with Gasteiger partial charge in [0.1, 0.15) is 5.69 Å². The summed E-state index contributed by atoms with van der Waals surface area (Å²) in [4.78, 5) is 15.5. The lowest BCUT2D eigenvalue weighted by Crippen LogP contribution is -2.49. The van der Waals surface area contributed by atoms with Crippen LogP contribution in [0.5, 0.6) is 0 Å². The van der Waals surface area contributed by atoms with Crippen LogP contribution in [0.25, 0.3) is 0 Å². The van der Waals surface area contributed by atoms with Crippen molar-refractivity contribution in [2.24, 2.45) is 5.73 Å². The predicted octanol–water partition coefficient (Wildman–Crippen LogP) is 2.10. The van der Waals surface area contributed by atoms with E-state index < -0.39 is 17.6 Å². The lowest BCUT2D eigenvalue weighted by molar-refractivity contribution is -0.137. The van der Waals surface area contributed by atoms with Crippen LogP contribution in [0.15, 0.2) is 18.3 Å². The smallest absolute Gasteiger partial charge is 0.346 e. The second kappa shape index (κ2) is 5.78. The summed E-state index contributed by atoms with van der Waals surface area (Å²) >= 11 is 0. The Balaban J connectivity index is 2.02. The average Bonchev–Trinajstić information content (AvgIpc) is 2.40. The molecule has 1 aliphatic carbocycles. The van der Waals surface area contributed by atoms with Crippen LogP contribution in [0.2, 0.25) is 0 Å². The van der Waals surface area contributed by atoms with Crippen molar-refractivity contribution in [3.05, 3.63) is 29.6 Å². The monoisotopic (exact) mass is 287 g/mol. The highest BCUT2D eigenvalue weighted by molar-refractivity contribution is 5.92. The van der Waals surface area contributed by atoms with Gasteiger partial charge in [0.2, 0.25) is 0 Å². The molecule has 0 unspecified atom stereocenters. The van der Waals surface area contributed by atoms with Gasteiger partial charge in [0.15, 0.2) is 0 Å². The first-order valence-corrected chi connectivity index (χ1v) is 6.47. The van der Waals surface area contributed by atoms with E-state index in [4.69, 9.17) is 5.73 Å². The van der Waals surface area contributed by atoms with Gasteiger partial charge in [-0.15, -0.1) is 0 Å². The fraction of sp³-hybridized carbons (Fsp3) is 0.538. The second-order valence-electron chi connectivity index (χ2n) is 4.96. The number of hydrogen-bond donors (Lipinski definition) is 2. The van der Waals surface area contributed by atoms with Crippen molar-refractivity contribution in [2.75, 3.05) is 0 Å². The van der Waals surface area contributed by atoms with E-state index in [1.54, 1.807) is 0 Å². The number of nitrogens with zero attached hydrogens (tertiary/aromatic N) is 1. The van der Waals surface area contributed by atoms with Crippen molar-refractivity contribution in [2.45, 2.75) is 43.9 Å². The summed E-state index contributed by atoms with van der Waals surface area (Å²) in [6.45, 7) is 0. The van der Waals surface area contributed by atoms with E-state index in [-0.39, 0.29) is 17.8 Å². The maximum absolute atomic E-state index is 12.4. The van der Waals surface area contributed by atoms with Gasteiger partial charge < -0.3 is 11.1 Å². The summed E-state index contributed by atoms with van der Waals surface area (Å²) in [6, 6.07) is 1.68. The zero-order valence-corrected chi connectivity index (χ0v) is 10.8. The molecule has 0 radical (unpaired) electrons. The van der Waals surface area contributed by atoms with Crippen molar-refractivity contribution < 1.29 is 18.0 Å². The number of nitrogens with one attached hydrogen (secondary N) is 1. The zero-order valence-electron chi connectivity index (χ0n) is 10.8. The molecule has 0 aliphatic heterocycles. The Morgan fingerprint density at radius 2 is 2.00 bits per heavy atom. The van der Waals surface area contributed by atoms with E-state index >= 15 is 0 Å². The SMILES string of the molecule is N[C@@H]1CCCC[C@H]1NC(=O)c1ccc(C(F)(F)F)cn1. The minimum absolute atomic E-state index is 0.0317. The predicted molar refractivity (Wildman–Crippen MR) is 66.9 cm³/mol. The summed E-state index contributed by atoms with van der Waals surface area (Å²) in [5.41, 5.74) is 5.00. The van der Waals surface area contributed by atoms with Gasteiger partial charge in [-0.3, -0.25) is 9.78 Å². The number of alkyl halides is 3. The summed E-state index contributed by atoms with van der Waals surface area (Å²) in [5.74, 6) is -0.485. The Labute approximate surface area is 114 Å². The Morgan fingerprint density at radius 3 is 2.55 bits per heavy atom. The zero-order chi connectivity index (χ0) is 14.8. The molecule has 110 valence electrons. The molecule has 4 nitrogen and oxygen atoms in total. The lowest BCUT2D eigenvalue weighted by atomic mass is 9.91. The van der Waals surface area contributed by atoms with Gasteiger partial charge in [-0.25, -0.2) is 0 Å². The number of nitrogens with two attached hydrogens (primary N) is 1. The number of amides is 1. The van der Waals surface area contributed by atoms with Gasteiger partial charge in [0, 0.05) is 18.3 Å². The molecular formula is C13H16F3N3O. The fourth-order valence-corrected chi connectivity index (χ4v) is 2.28. The van der Waals surface area contributed by atoms with Gasteiger partial charge in [-0.1, -0.05) is 12.8 Å². The topological polar surface area (TPSA) is 68.0 Å². The molecule has 1 amide bonds. The highest BCUT2D eigenvalue weighted by Crippen LogP contribution is 2.28. The average molecular weight is 287 g/mol. The van der Waals surface area contributed by atoms with Crippen molar-refractivity contribution in [3.8, 4) is 0 Å². The van der Waals surface area contributed by atoms with Crippen molar-refractivity contribution in [1.82, 2.24) is 10.3 Å². The van der Waals surface area contributed by atoms with E-state index in [1.807, 2.05) is 0 Å². The second-order valence-corrected chi connectivity index (χ2v) is 4.96. The van der Waals surface area contributed by atoms with E-state index in [9.17, 15) is 18.0 Å². The summed E-state index contributed by atoms with van der Waals surface area (Å²) in [6.07, 6.45) is -0.145. The first kappa shape index (κ1) is 14.8. The number of pyridine rings is 1. The van der Waals surface area contributed by atoms with Crippen LogP contribution in [0.3, 0.4) is 0 Å². The molecule has 1 aromatic rings. The van der Waals surface area contributed by atoms with Crippen LogP contribution in [-0.2, 0) is 6.18 Å². The Hall–Kier alpha value is -1.63. The van der Waals surface area contributed by atoms with E-state index in [0.29, 0.717) is 6.20 Å². The number of rotatable bonds is 2. The minimum atomic E-state index is -4.45. The molecule has 0 aromatic carbocycles. The number of carbonyl (C=O) groups excluding carboxylic acids is 1. The van der Waals surface area contributed by atoms with Crippen LogP contribution >= 0.6 is 0 Å². The molecule has 0 bridgehead atoms. The third-order valence-corrected chi connectivity index (χ3v) is 3.46. The van der Waals surface area contributed by atoms with Gasteiger partial charge in [0.05, 0.1) is 5.56 Å². The van der Waals surface area contributed by atoms with Crippen molar-refractivity contribution >= 4 is 5.91 Å². The molecule has 20 heavy (non-hydrogen) atoms. The lowest BCUT2D eigenvalue weighted by Gasteiger charge is -2.29. The number of hydrogen-bond acceptors (Lipinski definition) is 3. The van der Waals surface area contributed by atoms with Crippen molar-refractivity contribution in [3.63, 3.8) is 0 Å². The summed E-state index contributed by atoms with van der Waals surface area (Å²) < 4.78 is 37.2. The molecule has 0 saturated heterocycles. The standard InChI is InChI=1S/C13H16F3N3O/c14-13(15,16)8-5-6-11(18-7-8)12(20)19-10-4-2-1-3-9(10)17/h5-7,9-10H,1-4,17H2,(H,19,20)/t9-,10-/m1/s1. The molecule has 1 aromatic heterocycles. The van der Waals surface area contributed by atoms with E-state index in [1.165, 1.54) is 0 Å². The number of carbonyl (C=O) groups is 1. The Bertz CT molecular complexity index is 473. The van der Waals surface area contributed by atoms with Crippen LogP contribution in [-0.4, -0.2) is 23.0 Å². The Kier molecular flexibility index (Phi) is 4.27. The van der Waals surface area contributed by atoms with Crippen LogP contribution in [0, 0.1) is 0 Å². The molecule has 3 N–H and O–H groups in total. The molecule has 1 heterocycles. The van der Waals surface area contributed by atoms with Gasteiger partial charge >= 0.3 is 6.18 Å². The van der Waals surface area contributed by atoms with Crippen LogP contribution in [0.1, 0.15) is 41.7 Å². The molecular weight excluding hydrogens is 271 g/mol. The van der Waals surface area contributed by atoms with Crippen molar-refractivity contribution in [1.29, 1.82) is 0 Å². The fourth-order valence-electron chi connectivity index (χ4n) is 2.28. The van der Waals surface area contributed by atoms with Gasteiger partial charge in [-0.05, 0) is 25.0 Å². The quantitative estimate of drug-likeness (QED) is 0.875. The van der Waals surface area contributed by atoms with Crippen LogP contribution in [0.4, 0.5) is 13.2 Å². The van der Waals surface area contributed by atoms with Gasteiger partial charge in [0.25, 0.3) is 5.91 Å². The normalized spacial score (nSPS) is 23.4. The molecule has 2 rings (SSSR count). The Morgan fingerprint density at radius 1 is 1.30 bits per heavy atom. The first-order chi connectivity index (χ1) is 9.38. The van der Waals surface area contributed by atoms with Gasteiger partial charge in [-0.2, -0.15) is 13.2 Å². The van der Waals surface area contributed by atoms with E-state index in [2.05, 4.69) is 10.3 Å². The summed E-state index contributed by atoms with van der Waals surface area (Å²) in [5, 5.41) is 2.74. The molecule has 1 fully saturated rings. The molecule has 2 atom stereocenters. The third-order valence-electron chi connectivity index (χ3n) is 3.46. The molecule has 7 heteroatoms. The minimum Gasteiger partial charge on any atom is -0.346 e. The maximum atomic E-state index is 12.4. The molecule has 0 spiro atoms.